The minimum Gasteiger partial charge on any atom is -0.433 e. The summed E-state index contributed by atoms with van der Waals surface area (Å²) >= 11 is 4.93. The van der Waals surface area contributed by atoms with E-state index in [2.05, 4.69) is 15.0 Å². The molecule has 2 aromatic rings. The van der Waals surface area contributed by atoms with Gasteiger partial charge in [-0.1, -0.05) is 24.4 Å². The van der Waals surface area contributed by atoms with Gasteiger partial charge in [0.25, 0.3) is 0 Å². The predicted octanol–water partition coefficient (Wildman–Crippen LogP) is 3.06. The van der Waals surface area contributed by atoms with Crippen LogP contribution in [0.4, 0.5) is 20.2 Å². The van der Waals surface area contributed by atoms with Crippen LogP contribution in [0.3, 0.4) is 0 Å². The molecular formula is C13H11F2N3OS. The maximum absolute atomic E-state index is 12.3. The predicted molar refractivity (Wildman–Crippen MR) is 76.5 cm³/mol. The number of benzene rings is 1. The molecule has 0 amide bonds. The van der Waals surface area contributed by atoms with Gasteiger partial charge in [0.15, 0.2) is 0 Å². The number of alkyl halides is 2. The molecule has 0 saturated heterocycles. The van der Waals surface area contributed by atoms with Gasteiger partial charge in [-0.2, -0.15) is 8.78 Å². The molecule has 0 atom stereocenters. The van der Waals surface area contributed by atoms with Crippen molar-refractivity contribution in [1.82, 2.24) is 4.98 Å². The number of halogens is 2. The smallest absolute Gasteiger partial charge is 0.387 e. The van der Waals surface area contributed by atoms with Crippen molar-refractivity contribution in [3.63, 3.8) is 0 Å². The SMILES string of the molecule is NC(=S)c1ccncc1Nc1ccccc1OC(F)F. The van der Waals surface area contributed by atoms with Gasteiger partial charge < -0.3 is 15.8 Å². The van der Waals surface area contributed by atoms with E-state index in [1.807, 2.05) is 0 Å². The molecule has 1 aromatic carbocycles. The van der Waals surface area contributed by atoms with Crippen molar-refractivity contribution in [2.45, 2.75) is 6.61 Å². The van der Waals surface area contributed by atoms with Crippen molar-refractivity contribution in [2.24, 2.45) is 5.73 Å². The number of aromatic nitrogens is 1. The lowest BCUT2D eigenvalue weighted by Crippen LogP contribution is -2.12. The van der Waals surface area contributed by atoms with Crippen molar-refractivity contribution in [2.75, 3.05) is 5.32 Å². The van der Waals surface area contributed by atoms with Gasteiger partial charge in [0, 0.05) is 11.8 Å². The quantitative estimate of drug-likeness (QED) is 0.830. The number of nitrogens with one attached hydrogen (secondary N) is 1. The largest absolute Gasteiger partial charge is 0.433 e. The van der Waals surface area contributed by atoms with Gasteiger partial charge >= 0.3 is 6.61 Å². The Kier molecular flexibility index (Phi) is 4.41. The Labute approximate surface area is 119 Å². The number of rotatable bonds is 5. The molecule has 0 unspecified atom stereocenters. The first kappa shape index (κ1) is 14.1. The van der Waals surface area contributed by atoms with Crippen LogP contribution in [0, 0.1) is 0 Å². The summed E-state index contributed by atoms with van der Waals surface area (Å²) in [5.41, 5.74) is 7.06. The second kappa shape index (κ2) is 6.25. The van der Waals surface area contributed by atoms with Gasteiger partial charge in [-0.15, -0.1) is 0 Å². The number of para-hydroxylation sites is 2. The second-order valence-electron chi connectivity index (χ2n) is 3.79. The lowest BCUT2D eigenvalue weighted by Gasteiger charge is -2.14. The Morgan fingerprint density at radius 3 is 2.70 bits per heavy atom. The number of nitrogens with two attached hydrogens (primary N) is 1. The van der Waals surface area contributed by atoms with Gasteiger partial charge in [0.1, 0.15) is 10.7 Å². The Bertz CT molecular complexity index is 622. The van der Waals surface area contributed by atoms with Crippen LogP contribution in [-0.2, 0) is 0 Å². The third kappa shape index (κ3) is 3.39. The summed E-state index contributed by atoms with van der Waals surface area (Å²) in [6, 6.07) is 7.97. The molecule has 0 aliphatic carbocycles. The van der Waals surface area contributed by atoms with Gasteiger partial charge in [0.2, 0.25) is 0 Å². The third-order valence-corrected chi connectivity index (χ3v) is 2.68. The summed E-state index contributed by atoms with van der Waals surface area (Å²) in [6.45, 7) is -2.90. The van der Waals surface area contributed by atoms with Crippen LogP contribution < -0.4 is 15.8 Å². The molecular weight excluding hydrogens is 284 g/mol. The van der Waals surface area contributed by atoms with E-state index >= 15 is 0 Å². The van der Waals surface area contributed by atoms with Gasteiger partial charge in [-0.25, -0.2) is 0 Å². The Morgan fingerprint density at radius 2 is 2.00 bits per heavy atom. The molecule has 0 bridgehead atoms. The molecule has 1 aromatic heterocycles. The van der Waals surface area contributed by atoms with E-state index in [1.54, 1.807) is 30.5 Å². The summed E-state index contributed by atoms with van der Waals surface area (Å²) < 4.78 is 29.1. The highest BCUT2D eigenvalue weighted by molar-refractivity contribution is 7.80. The zero-order valence-corrected chi connectivity index (χ0v) is 11.0. The zero-order chi connectivity index (χ0) is 14.5. The van der Waals surface area contributed by atoms with Crippen LogP contribution in [0.25, 0.3) is 0 Å². The number of hydrogen-bond donors (Lipinski definition) is 2. The van der Waals surface area contributed by atoms with Crippen molar-refractivity contribution in [3.05, 3.63) is 48.3 Å². The van der Waals surface area contributed by atoms with E-state index in [4.69, 9.17) is 18.0 Å². The number of anilines is 2. The van der Waals surface area contributed by atoms with Gasteiger partial charge in [0.05, 0.1) is 17.6 Å². The molecule has 7 heteroatoms. The first-order chi connectivity index (χ1) is 9.58. The molecule has 0 radical (unpaired) electrons. The molecule has 0 fully saturated rings. The third-order valence-electron chi connectivity index (χ3n) is 2.46. The minimum absolute atomic E-state index is 0.0280. The molecule has 0 aliphatic rings. The summed E-state index contributed by atoms with van der Waals surface area (Å²) in [7, 11) is 0. The molecule has 4 nitrogen and oxygen atoms in total. The Hall–Kier alpha value is -2.28. The number of thiocarbonyl (C=S) groups is 1. The molecule has 104 valence electrons. The lowest BCUT2D eigenvalue weighted by molar-refractivity contribution is -0.0493. The van der Waals surface area contributed by atoms with Crippen molar-refractivity contribution < 1.29 is 13.5 Å². The number of pyridine rings is 1. The average Bonchev–Trinajstić information content (AvgIpc) is 2.41. The summed E-state index contributed by atoms with van der Waals surface area (Å²) in [4.78, 5) is 4.13. The first-order valence-electron chi connectivity index (χ1n) is 5.62. The number of ether oxygens (including phenoxy) is 1. The Balaban J connectivity index is 2.33. The van der Waals surface area contributed by atoms with E-state index in [0.717, 1.165) is 0 Å². The molecule has 0 aliphatic heterocycles. The fourth-order valence-corrected chi connectivity index (χ4v) is 1.80. The molecule has 20 heavy (non-hydrogen) atoms. The fraction of sp³-hybridized carbons (Fsp3) is 0.0769. The van der Waals surface area contributed by atoms with Gasteiger partial charge in [-0.05, 0) is 18.2 Å². The molecule has 0 saturated carbocycles. The van der Waals surface area contributed by atoms with E-state index in [1.165, 1.54) is 12.3 Å². The normalized spacial score (nSPS) is 10.3. The van der Waals surface area contributed by atoms with Crippen LogP contribution in [0.2, 0.25) is 0 Å². The fourth-order valence-electron chi connectivity index (χ4n) is 1.62. The van der Waals surface area contributed by atoms with Crippen molar-refractivity contribution >= 4 is 28.6 Å². The van der Waals surface area contributed by atoms with Gasteiger partial charge in [-0.3, -0.25) is 4.98 Å². The minimum atomic E-state index is -2.90. The molecule has 2 rings (SSSR count). The number of hydrogen-bond acceptors (Lipinski definition) is 4. The summed E-state index contributed by atoms with van der Waals surface area (Å²) in [6.07, 6.45) is 3.05. The molecule has 3 N–H and O–H groups in total. The standard InChI is InChI=1S/C13H11F2N3OS/c14-13(15)19-11-4-2-1-3-9(11)18-10-7-17-6-5-8(10)12(16)20/h1-7,13,18H,(H2,16,20). The second-order valence-corrected chi connectivity index (χ2v) is 4.22. The topological polar surface area (TPSA) is 60.2 Å². The van der Waals surface area contributed by atoms with E-state index in [9.17, 15) is 8.78 Å². The summed E-state index contributed by atoms with van der Waals surface area (Å²) in [5, 5.41) is 2.94. The highest BCUT2D eigenvalue weighted by Crippen LogP contribution is 2.29. The lowest BCUT2D eigenvalue weighted by atomic mass is 10.2. The monoisotopic (exact) mass is 295 g/mol. The summed E-state index contributed by atoms with van der Waals surface area (Å²) in [5.74, 6) is 0.0280. The van der Waals surface area contributed by atoms with Crippen LogP contribution >= 0.6 is 12.2 Å². The molecule has 0 spiro atoms. The first-order valence-corrected chi connectivity index (χ1v) is 6.03. The van der Waals surface area contributed by atoms with Crippen molar-refractivity contribution in [1.29, 1.82) is 0 Å². The van der Waals surface area contributed by atoms with Crippen LogP contribution in [0.1, 0.15) is 5.56 Å². The van der Waals surface area contributed by atoms with E-state index in [-0.39, 0.29) is 10.7 Å². The van der Waals surface area contributed by atoms with Crippen molar-refractivity contribution in [3.8, 4) is 5.75 Å². The molecule has 1 heterocycles. The highest BCUT2D eigenvalue weighted by atomic mass is 32.1. The van der Waals surface area contributed by atoms with E-state index in [0.29, 0.717) is 16.9 Å². The van der Waals surface area contributed by atoms with E-state index < -0.39 is 6.61 Å². The average molecular weight is 295 g/mol. The number of nitrogens with zero attached hydrogens (tertiary/aromatic N) is 1. The maximum atomic E-state index is 12.3. The zero-order valence-electron chi connectivity index (χ0n) is 10.2. The highest BCUT2D eigenvalue weighted by Gasteiger charge is 2.11. The van der Waals surface area contributed by atoms with Crippen LogP contribution in [-0.4, -0.2) is 16.6 Å². The van der Waals surface area contributed by atoms with Crippen LogP contribution in [0.15, 0.2) is 42.7 Å². The Morgan fingerprint density at radius 1 is 1.25 bits per heavy atom. The van der Waals surface area contributed by atoms with Crippen LogP contribution in [0.5, 0.6) is 5.75 Å². The maximum Gasteiger partial charge on any atom is 0.387 e.